The number of rotatable bonds is 5. The van der Waals surface area contributed by atoms with E-state index in [1.165, 1.54) is 11.3 Å². The quantitative estimate of drug-likeness (QED) is 0.867. The Bertz CT molecular complexity index is 529. The van der Waals surface area contributed by atoms with Gasteiger partial charge >= 0.3 is 0 Å². The summed E-state index contributed by atoms with van der Waals surface area (Å²) in [5.41, 5.74) is 3.54. The van der Waals surface area contributed by atoms with Gasteiger partial charge in [0.25, 0.3) is 0 Å². The fraction of sp³-hybridized carbons (Fsp3) is 0.400. The Labute approximate surface area is 114 Å². The Hall–Kier alpha value is -1.81. The van der Waals surface area contributed by atoms with Crippen LogP contribution >= 0.6 is 0 Å². The highest BCUT2D eigenvalue weighted by Gasteiger charge is 2.07. The van der Waals surface area contributed by atoms with Gasteiger partial charge in [-0.05, 0) is 24.6 Å². The Morgan fingerprint density at radius 1 is 1.26 bits per heavy atom. The third kappa shape index (κ3) is 3.58. The molecule has 4 heteroatoms. The largest absolute Gasteiger partial charge is 0.508 e. The van der Waals surface area contributed by atoms with Gasteiger partial charge in [-0.3, -0.25) is 4.68 Å². The minimum Gasteiger partial charge on any atom is -0.508 e. The average molecular weight is 259 g/mol. The van der Waals surface area contributed by atoms with E-state index < -0.39 is 0 Å². The van der Waals surface area contributed by atoms with E-state index in [0.29, 0.717) is 11.8 Å². The van der Waals surface area contributed by atoms with Crippen LogP contribution in [0.15, 0.2) is 30.5 Å². The van der Waals surface area contributed by atoms with Crippen LogP contribution < -0.4 is 5.32 Å². The van der Waals surface area contributed by atoms with Gasteiger partial charge in [0.15, 0.2) is 0 Å². The molecule has 0 bridgehead atoms. The zero-order chi connectivity index (χ0) is 13.8. The Morgan fingerprint density at radius 3 is 2.58 bits per heavy atom. The Balaban J connectivity index is 2.07. The van der Waals surface area contributed by atoms with Crippen LogP contribution in [-0.4, -0.2) is 20.9 Å². The topological polar surface area (TPSA) is 50.1 Å². The van der Waals surface area contributed by atoms with E-state index in [1.54, 1.807) is 12.1 Å². The van der Waals surface area contributed by atoms with E-state index in [-0.39, 0.29) is 0 Å². The van der Waals surface area contributed by atoms with Crippen LogP contribution in [0.25, 0.3) is 0 Å². The summed E-state index contributed by atoms with van der Waals surface area (Å²) in [5, 5.41) is 17.1. The summed E-state index contributed by atoms with van der Waals surface area (Å²) in [6.45, 7) is 7.93. The lowest BCUT2D eigenvalue weighted by Crippen LogP contribution is -2.22. The van der Waals surface area contributed by atoms with E-state index in [4.69, 9.17) is 0 Å². The number of phenols is 1. The summed E-state index contributed by atoms with van der Waals surface area (Å²) in [6, 6.07) is 7.72. The molecule has 0 aliphatic heterocycles. The van der Waals surface area contributed by atoms with Crippen molar-refractivity contribution >= 4 is 0 Å². The molecule has 1 heterocycles. The van der Waals surface area contributed by atoms with Crippen molar-refractivity contribution in [2.75, 3.05) is 0 Å². The lowest BCUT2D eigenvalue weighted by Gasteiger charge is -2.08. The number of phenolic OH excluding ortho intramolecular Hbond substituents is 1. The third-order valence-corrected chi connectivity index (χ3v) is 3.17. The molecule has 4 nitrogen and oxygen atoms in total. The molecule has 0 fully saturated rings. The van der Waals surface area contributed by atoms with Crippen molar-refractivity contribution in [2.24, 2.45) is 0 Å². The van der Waals surface area contributed by atoms with Crippen molar-refractivity contribution in [1.29, 1.82) is 0 Å². The standard InChI is InChI=1S/C15H21N3O/c1-11(2)16-8-14-9-17-18(12(14)3)10-13-4-6-15(19)7-5-13/h4-7,9,11,16,19H,8,10H2,1-3H3. The fourth-order valence-corrected chi connectivity index (χ4v) is 1.91. The predicted molar refractivity (Wildman–Crippen MR) is 76.1 cm³/mol. The van der Waals surface area contributed by atoms with Crippen LogP contribution in [0.3, 0.4) is 0 Å². The molecule has 1 aromatic carbocycles. The van der Waals surface area contributed by atoms with Crippen LogP contribution in [0.2, 0.25) is 0 Å². The highest BCUT2D eigenvalue weighted by molar-refractivity contribution is 5.26. The van der Waals surface area contributed by atoms with Crippen molar-refractivity contribution in [3.63, 3.8) is 0 Å². The van der Waals surface area contributed by atoms with Crippen molar-refractivity contribution in [2.45, 2.75) is 39.9 Å². The van der Waals surface area contributed by atoms with Crippen LogP contribution in [0.1, 0.15) is 30.7 Å². The van der Waals surface area contributed by atoms with Crippen LogP contribution in [0, 0.1) is 6.92 Å². The van der Waals surface area contributed by atoms with Crippen molar-refractivity contribution in [3.05, 3.63) is 47.3 Å². The number of aromatic hydroxyl groups is 1. The van der Waals surface area contributed by atoms with E-state index in [0.717, 1.165) is 18.7 Å². The third-order valence-electron chi connectivity index (χ3n) is 3.17. The molecular weight excluding hydrogens is 238 g/mol. The van der Waals surface area contributed by atoms with Gasteiger partial charge in [0, 0.05) is 23.8 Å². The SMILES string of the molecule is Cc1c(CNC(C)C)cnn1Cc1ccc(O)cc1. The van der Waals surface area contributed by atoms with Crippen molar-refractivity contribution < 1.29 is 5.11 Å². The van der Waals surface area contributed by atoms with Gasteiger partial charge in [0.1, 0.15) is 5.75 Å². The molecule has 102 valence electrons. The monoisotopic (exact) mass is 259 g/mol. The molecule has 0 amide bonds. The summed E-state index contributed by atoms with van der Waals surface area (Å²) in [5.74, 6) is 0.294. The first kappa shape index (κ1) is 13.6. The van der Waals surface area contributed by atoms with Gasteiger partial charge in [-0.25, -0.2) is 0 Å². The molecule has 2 N–H and O–H groups in total. The molecule has 0 spiro atoms. The smallest absolute Gasteiger partial charge is 0.115 e. The summed E-state index contributed by atoms with van der Waals surface area (Å²) in [6.07, 6.45) is 1.92. The van der Waals surface area contributed by atoms with E-state index in [1.807, 2.05) is 23.0 Å². The molecule has 2 rings (SSSR count). The van der Waals surface area contributed by atoms with Crippen molar-refractivity contribution in [1.82, 2.24) is 15.1 Å². The second-order valence-electron chi connectivity index (χ2n) is 5.11. The number of hydrogen-bond donors (Lipinski definition) is 2. The van der Waals surface area contributed by atoms with Gasteiger partial charge < -0.3 is 10.4 Å². The molecule has 0 aliphatic rings. The fourth-order valence-electron chi connectivity index (χ4n) is 1.91. The number of hydrogen-bond acceptors (Lipinski definition) is 3. The molecule has 0 saturated carbocycles. The summed E-state index contributed by atoms with van der Waals surface area (Å²) in [7, 11) is 0. The number of nitrogens with one attached hydrogen (secondary N) is 1. The Morgan fingerprint density at radius 2 is 1.95 bits per heavy atom. The van der Waals surface area contributed by atoms with Crippen LogP contribution in [0.5, 0.6) is 5.75 Å². The lowest BCUT2D eigenvalue weighted by molar-refractivity contribution is 0.475. The van der Waals surface area contributed by atoms with Gasteiger partial charge in [0.05, 0.1) is 12.7 Å². The summed E-state index contributed by atoms with van der Waals surface area (Å²) < 4.78 is 1.99. The molecule has 2 aromatic rings. The molecule has 0 saturated heterocycles. The predicted octanol–water partition coefficient (Wildman–Crippen LogP) is 2.44. The average Bonchev–Trinajstić information content (AvgIpc) is 2.71. The van der Waals surface area contributed by atoms with Crippen LogP contribution in [-0.2, 0) is 13.1 Å². The molecule has 1 aromatic heterocycles. The maximum absolute atomic E-state index is 9.27. The van der Waals surface area contributed by atoms with Crippen LogP contribution in [0.4, 0.5) is 0 Å². The second kappa shape index (κ2) is 5.89. The molecule has 0 radical (unpaired) electrons. The van der Waals surface area contributed by atoms with Gasteiger partial charge in [-0.2, -0.15) is 5.10 Å². The normalized spacial score (nSPS) is 11.2. The van der Waals surface area contributed by atoms with E-state index >= 15 is 0 Å². The van der Waals surface area contributed by atoms with Gasteiger partial charge in [0.2, 0.25) is 0 Å². The van der Waals surface area contributed by atoms with E-state index in [2.05, 4.69) is 31.2 Å². The highest BCUT2D eigenvalue weighted by Crippen LogP contribution is 2.13. The van der Waals surface area contributed by atoms with E-state index in [9.17, 15) is 5.11 Å². The first-order valence-electron chi connectivity index (χ1n) is 6.59. The zero-order valence-electron chi connectivity index (χ0n) is 11.7. The number of benzene rings is 1. The number of nitrogens with zero attached hydrogens (tertiary/aromatic N) is 2. The maximum Gasteiger partial charge on any atom is 0.115 e. The summed E-state index contributed by atoms with van der Waals surface area (Å²) >= 11 is 0. The Kier molecular flexibility index (Phi) is 4.22. The maximum atomic E-state index is 9.27. The lowest BCUT2D eigenvalue weighted by atomic mass is 10.2. The first-order chi connectivity index (χ1) is 9.06. The molecule has 0 aliphatic carbocycles. The summed E-state index contributed by atoms with van der Waals surface area (Å²) in [4.78, 5) is 0. The number of aromatic nitrogens is 2. The van der Waals surface area contributed by atoms with Gasteiger partial charge in [-0.1, -0.05) is 26.0 Å². The molecule has 0 atom stereocenters. The molecule has 19 heavy (non-hydrogen) atoms. The first-order valence-corrected chi connectivity index (χ1v) is 6.59. The highest BCUT2D eigenvalue weighted by atomic mass is 16.3. The minimum absolute atomic E-state index is 0.294. The molecular formula is C15H21N3O. The second-order valence-corrected chi connectivity index (χ2v) is 5.11. The zero-order valence-corrected chi connectivity index (χ0v) is 11.7. The molecule has 0 unspecified atom stereocenters. The van der Waals surface area contributed by atoms with Gasteiger partial charge in [-0.15, -0.1) is 0 Å². The van der Waals surface area contributed by atoms with Crippen molar-refractivity contribution in [3.8, 4) is 5.75 Å². The minimum atomic E-state index is 0.294.